The van der Waals surface area contributed by atoms with Gasteiger partial charge in [-0.2, -0.15) is 5.26 Å². The molecule has 1 aromatic carbocycles. The number of nitrogens with zero attached hydrogens (tertiary/aromatic N) is 2. The Morgan fingerprint density at radius 1 is 1.48 bits per heavy atom. The van der Waals surface area contributed by atoms with Crippen molar-refractivity contribution >= 4 is 17.7 Å². The van der Waals surface area contributed by atoms with Crippen LogP contribution in [0.3, 0.4) is 0 Å². The highest BCUT2D eigenvalue weighted by Crippen LogP contribution is 2.27. The number of rotatable bonds is 5. The van der Waals surface area contributed by atoms with Crippen LogP contribution in [0, 0.1) is 11.3 Å². The smallest absolute Gasteiger partial charge is 0.325 e. The van der Waals surface area contributed by atoms with Crippen LogP contribution in [-0.2, 0) is 9.53 Å². The molecule has 0 spiro atoms. The van der Waals surface area contributed by atoms with Crippen LogP contribution in [-0.4, -0.2) is 36.1 Å². The summed E-state index contributed by atoms with van der Waals surface area (Å²) in [5.41, 5.74) is 1.00. The first kappa shape index (κ1) is 14.9. The van der Waals surface area contributed by atoms with Crippen LogP contribution in [0.5, 0.6) is 0 Å². The summed E-state index contributed by atoms with van der Waals surface area (Å²) in [6.45, 7) is 1.97. The molecule has 1 fully saturated rings. The van der Waals surface area contributed by atoms with E-state index < -0.39 is 5.97 Å². The van der Waals surface area contributed by atoms with Gasteiger partial charge in [-0.25, -0.2) is 4.79 Å². The molecule has 1 N–H and O–H groups in total. The van der Waals surface area contributed by atoms with Gasteiger partial charge >= 0.3 is 12.0 Å². The van der Waals surface area contributed by atoms with Crippen LogP contribution >= 0.6 is 0 Å². The van der Waals surface area contributed by atoms with E-state index in [1.165, 1.54) is 4.90 Å². The quantitative estimate of drug-likeness (QED) is 0.841. The molecule has 2 rings (SSSR count). The lowest BCUT2D eigenvalue weighted by Crippen LogP contribution is -2.41. The van der Waals surface area contributed by atoms with Crippen molar-refractivity contribution in [2.45, 2.75) is 25.8 Å². The van der Waals surface area contributed by atoms with E-state index in [2.05, 4.69) is 5.32 Å². The Kier molecular flexibility index (Phi) is 4.77. The van der Waals surface area contributed by atoms with Crippen molar-refractivity contribution < 1.29 is 14.3 Å². The third kappa shape index (κ3) is 4.21. The zero-order valence-electron chi connectivity index (χ0n) is 11.8. The summed E-state index contributed by atoms with van der Waals surface area (Å²) >= 11 is 0. The number of nitrogens with one attached hydrogen (secondary N) is 1. The normalized spacial score (nSPS) is 13.1. The molecule has 6 heteroatoms. The molecule has 0 heterocycles. The van der Waals surface area contributed by atoms with E-state index >= 15 is 0 Å². The number of urea groups is 1. The molecule has 0 bridgehead atoms. The predicted octanol–water partition coefficient (Wildman–Crippen LogP) is 2.12. The number of carbonyl (C=O) groups excluding carboxylic acids is 2. The fourth-order valence-electron chi connectivity index (χ4n) is 1.96. The van der Waals surface area contributed by atoms with Gasteiger partial charge in [0.25, 0.3) is 0 Å². The maximum atomic E-state index is 12.3. The predicted molar refractivity (Wildman–Crippen MR) is 76.5 cm³/mol. The summed E-state index contributed by atoms with van der Waals surface area (Å²) in [6, 6.07) is 8.41. The lowest BCUT2D eigenvalue weighted by molar-refractivity contribution is -0.143. The summed E-state index contributed by atoms with van der Waals surface area (Å²) in [6.07, 6.45) is 1.79. The fraction of sp³-hybridized carbons (Fsp3) is 0.400. The highest BCUT2D eigenvalue weighted by atomic mass is 16.5. The molecule has 0 aliphatic heterocycles. The largest absolute Gasteiger partial charge is 0.465 e. The van der Waals surface area contributed by atoms with Crippen molar-refractivity contribution in [3.8, 4) is 6.07 Å². The summed E-state index contributed by atoms with van der Waals surface area (Å²) < 4.78 is 4.88. The van der Waals surface area contributed by atoms with Crippen molar-refractivity contribution in [1.82, 2.24) is 4.90 Å². The lowest BCUT2D eigenvalue weighted by atomic mass is 10.2. The fourth-order valence-corrected chi connectivity index (χ4v) is 1.96. The molecule has 1 saturated carbocycles. The van der Waals surface area contributed by atoms with Gasteiger partial charge in [0.05, 0.1) is 18.2 Å². The third-order valence-corrected chi connectivity index (χ3v) is 3.10. The summed E-state index contributed by atoms with van der Waals surface area (Å²) in [7, 11) is 0. The van der Waals surface area contributed by atoms with E-state index in [1.54, 1.807) is 31.2 Å². The van der Waals surface area contributed by atoms with Gasteiger partial charge < -0.3 is 15.0 Å². The second-order valence-corrected chi connectivity index (χ2v) is 4.79. The number of benzene rings is 1. The van der Waals surface area contributed by atoms with Gasteiger partial charge in [-0.3, -0.25) is 4.79 Å². The van der Waals surface area contributed by atoms with Crippen LogP contribution in [0.2, 0.25) is 0 Å². The first-order valence-electron chi connectivity index (χ1n) is 6.87. The standard InChI is InChI=1S/C15H17N3O3/c1-2-21-14(19)10-18(13-6-7-13)15(20)17-12-5-3-4-11(8-12)9-16/h3-5,8,13H,2,6-7,10H2,1H3,(H,17,20). The Hall–Kier alpha value is -2.55. The molecule has 1 aliphatic rings. The molecule has 0 aromatic heterocycles. The topological polar surface area (TPSA) is 82.4 Å². The van der Waals surface area contributed by atoms with Gasteiger partial charge in [-0.1, -0.05) is 6.07 Å². The van der Waals surface area contributed by atoms with Gasteiger partial charge in [0.15, 0.2) is 0 Å². The second-order valence-electron chi connectivity index (χ2n) is 4.79. The molecule has 21 heavy (non-hydrogen) atoms. The molecule has 110 valence electrons. The molecule has 0 radical (unpaired) electrons. The van der Waals surface area contributed by atoms with Crippen molar-refractivity contribution in [2.75, 3.05) is 18.5 Å². The molecule has 6 nitrogen and oxygen atoms in total. The van der Waals surface area contributed by atoms with Crippen LogP contribution in [0.1, 0.15) is 25.3 Å². The number of amides is 2. The Balaban J connectivity index is 2.01. The molecule has 1 aromatic rings. The van der Waals surface area contributed by atoms with Gasteiger partial charge in [0.2, 0.25) is 0 Å². The first-order chi connectivity index (χ1) is 10.1. The van der Waals surface area contributed by atoms with Crippen molar-refractivity contribution in [3.05, 3.63) is 29.8 Å². The van der Waals surface area contributed by atoms with Crippen molar-refractivity contribution in [3.63, 3.8) is 0 Å². The van der Waals surface area contributed by atoms with Gasteiger partial charge in [-0.05, 0) is 38.0 Å². The molecule has 0 unspecified atom stereocenters. The lowest BCUT2D eigenvalue weighted by Gasteiger charge is -2.21. The number of nitriles is 1. The minimum Gasteiger partial charge on any atom is -0.465 e. The minimum atomic E-state index is -0.412. The number of esters is 1. The number of ether oxygens (including phenoxy) is 1. The Morgan fingerprint density at radius 2 is 2.24 bits per heavy atom. The average molecular weight is 287 g/mol. The number of hydrogen-bond acceptors (Lipinski definition) is 4. The van der Waals surface area contributed by atoms with Crippen molar-refractivity contribution in [1.29, 1.82) is 5.26 Å². The molecule has 1 aliphatic carbocycles. The Bertz CT molecular complexity index is 576. The number of anilines is 1. The summed E-state index contributed by atoms with van der Waals surface area (Å²) in [4.78, 5) is 25.3. The molecular formula is C15H17N3O3. The molecule has 0 saturated heterocycles. The molecule has 2 amide bonds. The molecule has 0 atom stereocenters. The Labute approximate surface area is 123 Å². The highest BCUT2D eigenvalue weighted by Gasteiger charge is 2.34. The monoisotopic (exact) mass is 287 g/mol. The van der Waals surface area contributed by atoms with Crippen LogP contribution in [0.15, 0.2) is 24.3 Å². The van der Waals surface area contributed by atoms with E-state index in [0.717, 1.165) is 12.8 Å². The SMILES string of the molecule is CCOC(=O)CN(C(=O)Nc1cccc(C#N)c1)C1CC1. The summed E-state index contributed by atoms with van der Waals surface area (Å²) in [5, 5.41) is 11.6. The van der Waals surface area contributed by atoms with Gasteiger partial charge in [0, 0.05) is 11.7 Å². The zero-order chi connectivity index (χ0) is 15.2. The second kappa shape index (κ2) is 6.75. The van der Waals surface area contributed by atoms with Crippen LogP contribution in [0.4, 0.5) is 10.5 Å². The average Bonchev–Trinajstić information content (AvgIpc) is 3.29. The van der Waals surface area contributed by atoms with E-state index in [4.69, 9.17) is 10.00 Å². The third-order valence-electron chi connectivity index (χ3n) is 3.10. The Morgan fingerprint density at radius 3 is 2.86 bits per heavy atom. The van der Waals surface area contributed by atoms with Gasteiger partial charge in [0.1, 0.15) is 6.54 Å². The number of hydrogen-bond donors (Lipinski definition) is 1. The maximum Gasteiger partial charge on any atom is 0.325 e. The highest BCUT2D eigenvalue weighted by molar-refractivity contribution is 5.92. The van der Waals surface area contributed by atoms with Crippen molar-refractivity contribution in [2.24, 2.45) is 0 Å². The summed E-state index contributed by atoms with van der Waals surface area (Å²) in [5.74, 6) is -0.412. The first-order valence-corrected chi connectivity index (χ1v) is 6.87. The molecular weight excluding hydrogens is 270 g/mol. The van der Waals surface area contributed by atoms with Crippen LogP contribution < -0.4 is 5.32 Å². The van der Waals surface area contributed by atoms with E-state index in [0.29, 0.717) is 17.9 Å². The van der Waals surface area contributed by atoms with E-state index in [9.17, 15) is 9.59 Å². The van der Waals surface area contributed by atoms with Crippen LogP contribution in [0.25, 0.3) is 0 Å². The number of carbonyl (C=O) groups is 2. The minimum absolute atomic E-state index is 0.0533. The van der Waals surface area contributed by atoms with E-state index in [1.807, 2.05) is 6.07 Å². The zero-order valence-corrected chi connectivity index (χ0v) is 11.8. The maximum absolute atomic E-state index is 12.3. The van der Waals surface area contributed by atoms with E-state index in [-0.39, 0.29) is 18.6 Å². The van der Waals surface area contributed by atoms with Gasteiger partial charge in [-0.15, -0.1) is 0 Å².